The van der Waals surface area contributed by atoms with Gasteiger partial charge >= 0.3 is 0 Å². The smallest absolute Gasteiger partial charge is 0.270 e. The topological polar surface area (TPSA) is 102 Å². The van der Waals surface area contributed by atoms with Crippen LogP contribution in [-0.4, -0.2) is 25.4 Å². The molecule has 0 saturated heterocycles. The molecule has 0 saturated carbocycles. The highest BCUT2D eigenvalue weighted by Crippen LogP contribution is 2.19. The van der Waals surface area contributed by atoms with Crippen LogP contribution in [0.2, 0.25) is 0 Å². The molecule has 146 valence electrons. The number of nitrogens with zero attached hydrogens (tertiary/aromatic N) is 4. The van der Waals surface area contributed by atoms with Gasteiger partial charge in [-0.05, 0) is 38.5 Å². The van der Waals surface area contributed by atoms with E-state index in [1.165, 1.54) is 10.6 Å². The Labute approximate surface area is 166 Å². The van der Waals surface area contributed by atoms with Crippen LogP contribution in [0.4, 0.5) is 0 Å². The first kappa shape index (κ1) is 18.5. The minimum absolute atomic E-state index is 0.0571. The molecular weight excluding hydrogens is 370 g/mol. The molecule has 0 aliphatic carbocycles. The van der Waals surface area contributed by atoms with Crippen molar-refractivity contribution in [1.29, 1.82) is 0 Å². The Balaban J connectivity index is 1.57. The molecule has 1 atom stereocenters. The molecule has 3 heterocycles. The number of rotatable bonds is 4. The Morgan fingerprint density at radius 2 is 2.03 bits per heavy atom. The van der Waals surface area contributed by atoms with Crippen LogP contribution in [-0.2, 0) is 0 Å². The fourth-order valence-electron chi connectivity index (χ4n) is 3.05. The molecule has 0 spiro atoms. The van der Waals surface area contributed by atoms with Crippen molar-refractivity contribution in [3.63, 3.8) is 0 Å². The highest BCUT2D eigenvalue weighted by atomic mass is 16.5. The summed E-state index contributed by atoms with van der Waals surface area (Å²) in [4.78, 5) is 33.9. The van der Waals surface area contributed by atoms with E-state index in [2.05, 4.69) is 20.4 Å². The summed E-state index contributed by atoms with van der Waals surface area (Å²) >= 11 is 0. The molecule has 0 fully saturated rings. The Hall–Kier alpha value is -3.81. The summed E-state index contributed by atoms with van der Waals surface area (Å²) in [6, 6.07) is 10.7. The molecule has 4 aromatic rings. The maximum absolute atomic E-state index is 12.7. The van der Waals surface area contributed by atoms with Crippen LogP contribution < -0.4 is 10.9 Å². The lowest BCUT2D eigenvalue weighted by Gasteiger charge is -2.10. The van der Waals surface area contributed by atoms with Gasteiger partial charge in [0.2, 0.25) is 11.7 Å². The van der Waals surface area contributed by atoms with Gasteiger partial charge in [0.1, 0.15) is 17.3 Å². The van der Waals surface area contributed by atoms with E-state index in [0.29, 0.717) is 11.5 Å². The van der Waals surface area contributed by atoms with E-state index in [1.54, 1.807) is 19.2 Å². The number of aromatic nitrogens is 4. The molecule has 0 radical (unpaired) electrons. The van der Waals surface area contributed by atoms with Crippen LogP contribution in [0.1, 0.15) is 40.3 Å². The second kappa shape index (κ2) is 7.31. The summed E-state index contributed by atoms with van der Waals surface area (Å²) in [6.45, 7) is 5.54. The molecule has 8 nitrogen and oxygen atoms in total. The Bertz CT molecular complexity index is 1270. The number of fused-ring (bicyclic) bond motifs is 1. The highest BCUT2D eigenvalue weighted by molar-refractivity contribution is 5.94. The van der Waals surface area contributed by atoms with Crippen LogP contribution in [0.15, 0.2) is 58.1 Å². The van der Waals surface area contributed by atoms with Crippen LogP contribution in [0.25, 0.3) is 17.0 Å². The predicted molar refractivity (Wildman–Crippen MR) is 107 cm³/mol. The quantitative estimate of drug-likeness (QED) is 0.576. The van der Waals surface area contributed by atoms with Gasteiger partial charge in [0, 0.05) is 18.0 Å². The number of aryl methyl sites for hydroxylation is 2. The van der Waals surface area contributed by atoms with Crippen molar-refractivity contribution >= 4 is 11.6 Å². The van der Waals surface area contributed by atoms with E-state index in [1.807, 2.05) is 44.2 Å². The third kappa shape index (κ3) is 3.52. The molecule has 29 heavy (non-hydrogen) atoms. The van der Waals surface area contributed by atoms with Gasteiger partial charge < -0.3 is 9.84 Å². The molecule has 1 amide bonds. The molecule has 0 aliphatic heterocycles. The van der Waals surface area contributed by atoms with Gasteiger partial charge in [-0.3, -0.25) is 14.0 Å². The van der Waals surface area contributed by atoms with E-state index >= 15 is 0 Å². The number of amides is 1. The van der Waals surface area contributed by atoms with Crippen molar-refractivity contribution in [1.82, 2.24) is 24.8 Å². The van der Waals surface area contributed by atoms with Crippen LogP contribution >= 0.6 is 0 Å². The molecule has 1 N–H and O–H groups in total. The maximum atomic E-state index is 12.7. The third-order valence-corrected chi connectivity index (χ3v) is 4.61. The summed E-state index contributed by atoms with van der Waals surface area (Å²) in [5, 5.41) is 6.70. The number of benzene rings is 1. The zero-order valence-electron chi connectivity index (χ0n) is 16.2. The monoisotopic (exact) mass is 389 g/mol. The van der Waals surface area contributed by atoms with E-state index in [4.69, 9.17) is 4.52 Å². The number of pyridine rings is 1. The maximum Gasteiger partial charge on any atom is 0.270 e. The lowest BCUT2D eigenvalue weighted by molar-refractivity contribution is 0.0930. The van der Waals surface area contributed by atoms with Gasteiger partial charge in [0.15, 0.2) is 0 Å². The molecule has 0 aliphatic rings. The molecule has 0 bridgehead atoms. The largest absolute Gasteiger partial charge is 0.340 e. The molecule has 1 unspecified atom stereocenters. The average molecular weight is 389 g/mol. The minimum Gasteiger partial charge on any atom is -0.340 e. The lowest BCUT2D eigenvalue weighted by atomic mass is 10.1. The van der Waals surface area contributed by atoms with Gasteiger partial charge in [0.05, 0.1) is 0 Å². The summed E-state index contributed by atoms with van der Waals surface area (Å²) in [5.41, 5.74) is 2.77. The number of carbonyl (C=O) groups is 1. The Morgan fingerprint density at radius 1 is 1.21 bits per heavy atom. The standard InChI is InChI=1S/C21H19N5O3/c1-12-6-4-8-15(10-12)17-24-20(29-25-17)14(3)23-19(27)16-11-22-18-13(2)7-5-9-26(18)21(16)28/h4-11,14H,1-3H3,(H,23,27). The van der Waals surface area contributed by atoms with E-state index in [-0.39, 0.29) is 11.5 Å². The van der Waals surface area contributed by atoms with E-state index in [0.717, 1.165) is 16.7 Å². The average Bonchev–Trinajstić information content (AvgIpc) is 3.19. The number of nitrogens with one attached hydrogen (secondary N) is 1. The molecule has 3 aromatic heterocycles. The van der Waals surface area contributed by atoms with Crippen LogP contribution in [0.3, 0.4) is 0 Å². The van der Waals surface area contributed by atoms with Gasteiger partial charge in [-0.2, -0.15) is 4.98 Å². The summed E-state index contributed by atoms with van der Waals surface area (Å²) in [7, 11) is 0. The van der Waals surface area contributed by atoms with Crippen LogP contribution in [0, 0.1) is 13.8 Å². The first-order chi connectivity index (χ1) is 13.9. The van der Waals surface area contributed by atoms with Crippen LogP contribution in [0.5, 0.6) is 0 Å². The van der Waals surface area contributed by atoms with Crippen molar-refractivity contribution < 1.29 is 9.32 Å². The third-order valence-electron chi connectivity index (χ3n) is 4.61. The number of carbonyl (C=O) groups excluding carboxylic acids is 1. The van der Waals surface area contributed by atoms with Gasteiger partial charge in [-0.25, -0.2) is 4.98 Å². The summed E-state index contributed by atoms with van der Waals surface area (Å²) in [5.74, 6) is 0.133. The van der Waals surface area contributed by atoms with Gasteiger partial charge in [0.25, 0.3) is 11.5 Å². The highest BCUT2D eigenvalue weighted by Gasteiger charge is 2.21. The summed E-state index contributed by atoms with van der Waals surface area (Å²) in [6.07, 6.45) is 2.88. The first-order valence-electron chi connectivity index (χ1n) is 9.12. The SMILES string of the molecule is Cc1cccc(-c2noc(C(C)NC(=O)c3cnc4c(C)cccn4c3=O)n2)c1. The molecule has 1 aromatic carbocycles. The second-order valence-corrected chi connectivity index (χ2v) is 6.88. The Morgan fingerprint density at radius 3 is 2.83 bits per heavy atom. The minimum atomic E-state index is -0.578. The fraction of sp³-hybridized carbons (Fsp3) is 0.190. The normalized spacial score (nSPS) is 12.1. The van der Waals surface area contributed by atoms with Crippen molar-refractivity contribution in [3.05, 3.63) is 81.7 Å². The van der Waals surface area contributed by atoms with Crippen molar-refractivity contribution in [2.45, 2.75) is 26.8 Å². The molecule has 4 rings (SSSR count). The predicted octanol–water partition coefficient (Wildman–Crippen LogP) is 2.85. The number of hydrogen-bond acceptors (Lipinski definition) is 6. The van der Waals surface area contributed by atoms with Gasteiger partial charge in [-0.15, -0.1) is 0 Å². The Kier molecular flexibility index (Phi) is 4.67. The molecular formula is C21H19N5O3. The summed E-state index contributed by atoms with van der Waals surface area (Å²) < 4.78 is 6.66. The van der Waals surface area contributed by atoms with Crippen molar-refractivity contribution in [3.8, 4) is 11.4 Å². The fourth-order valence-corrected chi connectivity index (χ4v) is 3.05. The zero-order valence-corrected chi connectivity index (χ0v) is 16.2. The van der Waals surface area contributed by atoms with Crippen molar-refractivity contribution in [2.75, 3.05) is 0 Å². The molecule has 8 heteroatoms. The lowest BCUT2D eigenvalue weighted by Crippen LogP contribution is -2.33. The second-order valence-electron chi connectivity index (χ2n) is 6.88. The van der Waals surface area contributed by atoms with Gasteiger partial charge in [-0.1, -0.05) is 35.0 Å². The van der Waals surface area contributed by atoms with Crippen molar-refractivity contribution in [2.24, 2.45) is 0 Å². The van der Waals surface area contributed by atoms with E-state index in [9.17, 15) is 9.59 Å². The zero-order chi connectivity index (χ0) is 20.5. The number of hydrogen-bond donors (Lipinski definition) is 1. The first-order valence-corrected chi connectivity index (χ1v) is 9.12. The van der Waals surface area contributed by atoms with E-state index < -0.39 is 17.5 Å².